The molecule has 0 aliphatic rings. The minimum absolute atomic E-state index is 0.259. The van der Waals surface area contributed by atoms with E-state index in [1.807, 2.05) is 6.92 Å². The van der Waals surface area contributed by atoms with Crippen molar-refractivity contribution in [1.29, 1.82) is 0 Å². The van der Waals surface area contributed by atoms with Crippen LogP contribution in [-0.4, -0.2) is 40.8 Å². The van der Waals surface area contributed by atoms with E-state index in [9.17, 15) is 13.2 Å². The van der Waals surface area contributed by atoms with Gasteiger partial charge in [0.1, 0.15) is 12.3 Å². The van der Waals surface area contributed by atoms with E-state index >= 15 is 0 Å². The summed E-state index contributed by atoms with van der Waals surface area (Å²) in [5.41, 5.74) is 0.400. The van der Waals surface area contributed by atoms with Crippen LogP contribution in [0.4, 0.5) is 5.69 Å². The quantitative estimate of drug-likeness (QED) is 0.831. The average molecular weight is 286 g/mol. The van der Waals surface area contributed by atoms with Crippen molar-refractivity contribution >= 4 is 21.6 Å². The molecule has 0 heterocycles. The fourth-order valence-electron chi connectivity index (χ4n) is 1.50. The van der Waals surface area contributed by atoms with Gasteiger partial charge in [0.25, 0.3) is 0 Å². The van der Waals surface area contributed by atoms with Crippen LogP contribution in [0.15, 0.2) is 24.3 Å². The Labute approximate surface area is 113 Å². The molecule has 0 spiro atoms. The minimum atomic E-state index is -3.54. The van der Waals surface area contributed by atoms with Gasteiger partial charge >= 0.3 is 0 Å². The van der Waals surface area contributed by atoms with Gasteiger partial charge in [-0.1, -0.05) is 6.07 Å². The van der Waals surface area contributed by atoms with Crippen molar-refractivity contribution in [3.05, 3.63) is 24.3 Å². The molecule has 0 aliphatic carbocycles. The summed E-state index contributed by atoms with van der Waals surface area (Å²) in [5, 5.41) is 2.40. The molecule has 0 saturated carbocycles. The number of rotatable bonds is 6. The molecule has 0 atom stereocenters. The first-order chi connectivity index (χ1) is 8.88. The number of hydrogen-bond acceptors (Lipinski definition) is 4. The second-order valence-corrected chi connectivity index (χ2v) is 5.78. The van der Waals surface area contributed by atoms with Crippen LogP contribution in [0.3, 0.4) is 0 Å². The number of likely N-dealkylation sites (N-methyl/N-ethyl adjacent to an activating group) is 1. The van der Waals surface area contributed by atoms with Crippen LogP contribution in [0.25, 0.3) is 0 Å². The summed E-state index contributed by atoms with van der Waals surface area (Å²) in [5.74, 6) is 0.179. The summed E-state index contributed by atoms with van der Waals surface area (Å²) in [7, 11) is -2.08. The maximum Gasteiger partial charge on any atom is 0.240 e. The summed E-state index contributed by atoms with van der Waals surface area (Å²) in [4.78, 5) is 11.4. The van der Waals surface area contributed by atoms with E-state index in [4.69, 9.17) is 4.74 Å². The normalized spacial score (nSPS) is 10.9. The fraction of sp³-hybridized carbons (Fsp3) is 0.417. The van der Waals surface area contributed by atoms with Crippen LogP contribution in [0.1, 0.15) is 6.92 Å². The number of anilines is 1. The monoisotopic (exact) mass is 286 g/mol. The lowest BCUT2D eigenvalue weighted by Crippen LogP contribution is -2.39. The fourth-order valence-corrected chi connectivity index (χ4v) is 2.35. The summed E-state index contributed by atoms with van der Waals surface area (Å²) in [6.07, 6.45) is 1.06. The van der Waals surface area contributed by atoms with Crippen molar-refractivity contribution in [2.75, 3.05) is 30.8 Å². The molecule has 1 aromatic rings. The number of carbonyl (C=O) groups is 1. The van der Waals surface area contributed by atoms with Gasteiger partial charge in [-0.25, -0.2) is 8.42 Å². The smallest absolute Gasteiger partial charge is 0.240 e. The highest BCUT2D eigenvalue weighted by molar-refractivity contribution is 7.92. The average Bonchev–Trinajstić information content (AvgIpc) is 2.35. The Kier molecular flexibility index (Phi) is 5.17. The first-order valence-electron chi connectivity index (χ1n) is 5.79. The number of hydrogen-bond donors (Lipinski definition) is 1. The summed E-state index contributed by atoms with van der Waals surface area (Å²) in [6, 6.07) is 6.62. The first kappa shape index (κ1) is 15.3. The molecule has 1 N–H and O–H groups in total. The van der Waals surface area contributed by atoms with Gasteiger partial charge in [0, 0.05) is 13.1 Å². The molecule has 1 aromatic carbocycles. The maximum atomic E-state index is 11.8. The van der Waals surface area contributed by atoms with Gasteiger partial charge in [0.2, 0.25) is 15.9 Å². The molecule has 0 aliphatic heterocycles. The molecule has 106 valence electrons. The number of sulfonamides is 1. The highest BCUT2D eigenvalue weighted by Gasteiger charge is 2.20. The van der Waals surface area contributed by atoms with Crippen LogP contribution in [0, 0.1) is 0 Å². The third-order valence-corrected chi connectivity index (χ3v) is 3.52. The zero-order chi connectivity index (χ0) is 14.5. The second-order valence-electron chi connectivity index (χ2n) is 3.87. The second kappa shape index (κ2) is 6.42. The standard InChI is InChI=1S/C12H18N2O4S/c1-4-18-11-7-5-6-10(8-11)14(19(3,16)17)9-12(15)13-2/h5-8H,4,9H2,1-3H3,(H,13,15). The Bertz CT molecular complexity index is 542. The van der Waals surface area contributed by atoms with Crippen LogP contribution in [0.2, 0.25) is 0 Å². The van der Waals surface area contributed by atoms with Gasteiger partial charge in [-0.05, 0) is 19.1 Å². The Balaban J connectivity index is 3.10. The van der Waals surface area contributed by atoms with E-state index in [0.717, 1.165) is 10.6 Å². The van der Waals surface area contributed by atoms with E-state index in [2.05, 4.69) is 5.32 Å². The Morgan fingerprint density at radius 1 is 1.42 bits per heavy atom. The Hall–Kier alpha value is -1.76. The number of nitrogens with zero attached hydrogens (tertiary/aromatic N) is 1. The SMILES string of the molecule is CCOc1cccc(N(CC(=O)NC)S(C)(=O)=O)c1. The molecular formula is C12H18N2O4S. The van der Waals surface area contributed by atoms with Crippen molar-refractivity contribution in [2.45, 2.75) is 6.92 Å². The third-order valence-electron chi connectivity index (χ3n) is 2.38. The van der Waals surface area contributed by atoms with Gasteiger partial charge in [0.05, 0.1) is 18.6 Å². The molecule has 0 unspecified atom stereocenters. The molecule has 1 rings (SSSR count). The lowest BCUT2D eigenvalue weighted by atomic mass is 10.3. The van der Waals surface area contributed by atoms with Crippen molar-refractivity contribution in [3.63, 3.8) is 0 Å². The lowest BCUT2D eigenvalue weighted by Gasteiger charge is -2.21. The minimum Gasteiger partial charge on any atom is -0.494 e. The maximum absolute atomic E-state index is 11.8. The van der Waals surface area contributed by atoms with Gasteiger partial charge in [-0.2, -0.15) is 0 Å². The Morgan fingerprint density at radius 2 is 2.11 bits per heavy atom. The van der Waals surface area contributed by atoms with E-state index in [1.165, 1.54) is 7.05 Å². The zero-order valence-corrected chi connectivity index (χ0v) is 12.0. The molecule has 7 heteroatoms. The van der Waals surface area contributed by atoms with Crippen molar-refractivity contribution in [3.8, 4) is 5.75 Å². The summed E-state index contributed by atoms with van der Waals surface area (Å²) < 4.78 is 29.9. The predicted molar refractivity (Wildman–Crippen MR) is 73.9 cm³/mol. The molecule has 1 amide bonds. The molecular weight excluding hydrogens is 268 g/mol. The van der Waals surface area contributed by atoms with E-state index in [0.29, 0.717) is 18.0 Å². The molecule has 0 saturated heterocycles. The van der Waals surface area contributed by atoms with Crippen LogP contribution >= 0.6 is 0 Å². The number of benzene rings is 1. The van der Waals surface area contributed by atoms with E-state index in [1.54, 1.807) is 24.3 Å². The van der Waals surface area contributed by atoms with E-state index < -0.39 is 10.0 Å². The molecule has 0 bridgehead atoms. The van der Waals surface area contributed by atoms with Crippen molar-refractivity contribution in [1.82, 2.24) is 5.32 Å². The number of amides is 1. The van der Waals surface area contributed by atoms with Crippen LogP contribution in [-0.2, 0) is 14.8 Å². The van der Waals surface area contributed by atoms with Crippen molar-refractivity contribution in [2.24, 2.45) is 0 Å². The lowest BCUT2D eigenvalue weighted by molar-refractivity contribution is -0.119. The molecule has 6 nitrogen and oxygen atoms in total. The third kappa shape index (κ3) is 4.44. The Morgan fingerprint density at radius 3 is 2.63 bits per heavy atom. The van der Waals surface area contributed by atoms with Gasteiger partial charge in [-0.15, -0.1) is 0 Å². The summed E-state index contributed by atoms with van der Waals surface area (Å²) in [6.45, 7) is 2.06. The number of ether oxygens (including phenoxy) is 1. The first-order valence-corrected chi connectivity index (χ1v) is 7.64. The van der Waals surface area contributed by atoms with E-state index in [-0.39, 0.29) is 12.5 Å². The highest BCUT2D eigenvalue weighted by atomic mass is 32.2. The zero-order valence-electron chi connectivity index (χ0n) is 11.2. The molecule has 19 heavy (non-hydrogen) atoms. The van der Waals surface area contributed by atoms with Crippen molar-refractivity contribution < 1.29 is 17.9 Å². The number of carbonyl (C=O) groups excluding carboxylic acids is 1. The van der Waals surface area contributed by atoms with Gasteiger partial charge in [0.15, 0.2) is 0 Å². The largest absolute Gasteiger partial charge is 0.494 e. The van der Waals surface area contributed by atoms with Gasteiger partial charge in [-0.3, -0.25) is 9.10 Å². The topological polar surface area (TPSA) is 75.7 Å². The summed E-state index contributed by atoms with van der Waals surface area (Å²) >= 11 is 0. The van der Waals surface area contributed by atoms with Crippen LogP contribution in [0.5, 0.6) is 5.75 Å². The van der Waals surface area contributed by atoms with Gasteiger partial charge < -0.3 is 10.1 Å². The highest BCUT2D eigenvalue weighted by Crippen LogP contribution is 2.23. The molecule has 0 fully saturated rings. The molecule has 0 radical (unpaired) electrons. The predicted octanol–water partition coefficient (Wildman–Crippen LogP) is 0.597. The molecule has 0 aromatic heterocycles. The number of nitrogens with one attached hydrogen (secondary N) is 1. The van der Waals surface area contributed by atoms with Crippen LogP contribution < -0.4 is 14.4 Å².